The number of aliphatic carboxylic acids is 1. The van der Waals surface area contributed by atoms with Gasteiger partial charge in [-0.3, -0.25) is 0 Å². The molecule has 0 saturated carbocycles. The zero-order chi connectivity index (χ0) is 5.86. The van der Waals surface area contributed by atoms with Crippen molar-refractivity contribution < 1.29 is 9.90 Å². The van der Waals surface area contributed by atoms with Crippen LogP contribution >= 0.6 is 0 Å². The van der Waals surface area contributed by atoms with Gasteiger partial charge in [0, 0.05) is 0 Å². The number of carbonyl (C=O) groups is 1. The Balaban J connectivity index is 3.34. The van der Waals surface area contributed by atoms with Gasteiger partial charge in [0.15, 0.2) is 0 Å². The van der Waals surface area contributed by atoms with Crippen molar-refractivity contribution in [1.82, 2.24) is 0 Å². The normalized spacial score (nSPS) is 13.4. The molecule has 0 aliphatic heterocycles. The molecular weight excluding hydrogens is 159 g/mol. The van der Waals surface area contributed by atoms with Gasteiger partial charge < -0.3 is 0 Å². The number of hydrogen-bond acceptors (Lipinski definition) is 1. The molecule has 0 aromatic carbocycles. The predicted octanol–water partition coefficient (Wildman–Crippen LogP) is 0.632. The second-order valence-electron chi connectivity index (χ2n) is 1.22. The summed E-state index contributed by atoms with van der Waals surface area (Å²) in [6.07, 6.45) is 0. The van der Waals surface area contributed by atoms with Gasteiger partial charge in [-0.15, -0.1) is 0 Å². The van der Waals surface area contributed by atoms with Crippen LogP contribution < -0.4 is 0 Å². The van der Waals surface area contributed by atoms with Crippen LogP contribution in [0.5, 0.6) is 0 Å². The van der Waals surface area contributed by atoms with E-state index < -0.39 is 5.97 Å². The van der Waals surface area contributed by atoms with Gasteiger partial charge in [-0.1, -0.05) is 0 Å². The third-order valence-electron chi connectivity index (χ3n) is 0.701. The number of hydrogen-bond donors (Lipinski definition) is 1. The zero-order valence-electron chi connectivity index (χ0n) is 4.34. The van der Waals surface area contributed by atoms with Gasteiger partial charge in [-0.05, 0) is 0 Å². The summed E-state index contributed by atoms with van der Waals surface area (Å²) in [5, 5.41) is 8.20. The topological polar surface area (TPSA) is 37.3 Å². The molecule has 0 radical (unpaired) electrons. The molecular formula is C4H8O2Se. The Bertz CT molecular complexity index is 72.1. The number of rotatable bonds is 2. The molecule has 0 fully saturated rings. The van der Waals surface area contributed by atoms with Crippen molar-refractivity contribution in [3.05, 3.63) is 0 Å². The van der Waals surface area contributed by atoms with Crippen LogP contribution in [0.2, 0.25) is 10.6 Å². The van der Waals surface area contributed by atoms with Gasteiger partial charge in [0.25, 0.3) is 0 Å². The summed E-state index contributed by atoms with van der Waals surface area (Å²) in [6.45, 7) is 1.72. The van der Waals surface area contributed by atoms with E-state index in [0.717, 1.165) is 0 Å². The fourth-order valence-electron chi connectivity index (χ4n) is 0.101. The summed E-state index contributed by atoms with van der Waals surface area (Å²) in [6, 6.07) is 0. The molecule has 0 spiro atoms. The zero-order valence-corrected chi connectivity index (χ0v) is 6.05. The van der Waals surface area contributed by atoms with Crippen molar-refractivity contribution in [2.24, 2.45) is 0 Å². The van der Waals surface area contributed by atoms with Crippen molar-refractivity contribution >= 4 is 20.9 Å². The fourth-order valence-corrected chi connectivity index (χ4v) is 0.524. The van der Waals surface area contributed by atoms with Gasteiger partial charge in [0.1, 0.15) is 0 Å². The molecule has 7 heavy (non-hydrogen) atoms. The van der Waals surface area contributed by atoms with Gasteiger partial charge in [0.05, 0.1) is 0 Å². The second-order valence-corrected chi connectivity index (χ2v) is 3.69. The van der Waals surface area contributed by atoms with Gasteiger partial charge in [0.2, 0.25) is 0 Å². The SMILES string of the molecule is C[Se]C(C)C(=O)O. The first-order valence-electron chi connectivity index (χ1n) is 1.94. The number of carboxylic acids is 1. The summed E-state index contributed by atoms with van der Waals surface area (Å²) < 4.78 is 0. The van der Waals surface area contributed by atoms with E-state index in [4.69, 9.17) is 5.11 Å². The van der Waals surface area contributed by atoms with Crippen LogP contribution in [-0.4, -0.2) is 26.0 Å². The van der Waals surface area contributed by atoms with E-state index in [1.54, 1.807) is 6.92 Å². The third-order valence-corrected chi connectivity index (χ3v) is 2.61. The molecule has 0 aromatic heterocycles. The molecule has 0 aliphatic carbocycles. The molecule has 3 heteroatoms. The molecule has 2 nitrogen and oxygen atoms in total. The average Bonchev–Trinajstić information content (AvgIpc) is 1.65. The van der Waals surface area contributed by atoms with E-state index in [0.29, 0.717) is 0 Å². The summed E-state index contributed by atoms with van der Waals surface area (Å²) in [5.74, 6) is 1.24. The minimum absolute atomic E-state index is 0.118. The summed E-state index contributed by atoms with van der Waals surface area (Å²) in [4.78, 5) is 9.83. The first kappa shape index (κ1) is 6.99. The molecule has 0 amide bonds. The van der Waals surface area contributed by atoms with E-state index in [9.17, 15) is 4.79 Å². The van der Waals surface area contributed by atoms with Crippen molar-refractivity contribution in [1.29, 1.82) is 0 Å². The summed E-state index contributed by atoms with van der Waals surface area (Å²) in [5.41, 5.74) is 0. The predicted molar refractivity (Wildman–Crippen MR) is 28.7 cm³/mol. The van der Waals surface area contributed by atoms with Gasteiger partial charge in [-0.2, -0.15) is 0 Å². The quantitative estimate of drug-likeness (QED) is 0.612. The fraction of sp³-hybridized carbons (Fsp3) is 0.750. The van der Waals surface area contributed by atoms with E-state index >= 15 is 0 Å². The molecule has 1 N–H and O–H groups in total. The molecule has 0 aromatic rings. The Hall–Kier alpha value is -0.0105. The Labute approximate surface area is 49.1 Å². The Morgan fingerprint density at radius 3 is 2.29 bits per heavy atom. The molecule has 0 rings (SSSR count). The molecule has 0 aliphatic rings. The first-order valence-corrected chi connectivity index (χ1v) is 4.64. The van der Waals surface area contributed by atoms with Crippen molar-refractivity contribution in [2.45, 2.75) is 17.6 Å². The van der Waals surface area contributed by atoms with Crippen molar-refractivity contribution in [3.8, 4) is 0 Å². The van der Waals surface area contributed by atoms with Crippen molar-refractivity contribution in [2.75, 3.05) is 0 Å². The third kappa shape index (κ3) is 2.66. The standard InChI is InChI=1S/C4H8O2Se/c1-3(7-2)4(5)6/h3H,1-2H3,(H,5,6). The van der Waals surface area contributed by atoms with Crippen LogP contribution in [-0.2, 0) is 4.79 Å². The average molecular weight is 167 g/mol. The Morgan fingerprint density at radius 1 is 1.86 bits per heavy atom. The maximum absolute atomic E-state index is 9.95. The summed E-state index contributed by atoms with van der Waals surface area (Å²) >= 11 is 0.256. The molecule has 0 heterocycles. The molecule has 42 valence electrons. The van der Waals surface area contributed by atoms with Crippen molar-refractivity contribution in [3.63, 3.8) is 0 Å². The van der Waals surface area contributed by atoms with Crippen LogP contribution in [0.25, 0.3) is 0 Å². The molecule has 1 unspecified atom stereocenters. The van der Waals surface area contributed by atoms with Crippen LogP contribution in [0.4, 0.5) is 0 Å². The van der Waals surface area contributed by atoms with Gasteiger partial charge >= 0.3 is 48.4 Å². The van der Waals surface area contributed by atoms with E-state index in [1.807, 2.05) is 5.82 Å². The van der Waals surface area contributed by atoms with E-state index in [2.05, 4.69) is 0 Å². The Kier molecular flexibility index (Phi) is 3.05. The monoisotopic (exact) mass is 168 g/mol. The van der Waals surface area contributed by atoms with E-state index in [-0.39, 0.29) is 19.8 Å². The van der Waals surface area contributed by atoms with Crippen LogP contribution in [0.1, 0.15) is 6.92 Å². The molecule has 0 bridgehead atoms. The number of carboxylic acid groups (broad SMARTS) is 1. The maximum atomic E-state index is 9.95. The Morgan fingerprint density at radius 2 is 2.29 bits per heavy atom. The summed E-state index contributed by atoms with van der Waals surface area (Å²) in [7, 11) is 0. The van der Waals surface area contributed by atoms with E-state index in [1.165, 1.54) is 0 Å². The molecule has 1 atom stereocenters. The second kappa shape index (κ2) is 3.05. The minimum atomic E-state index is -0.678. The first-order chi connectivity index (χ1) is 3.18. The van der Waals surface area contributed by atoms with Gasteiger partial charge in [-0.25, -0.2) is 0 Å². The molecule has 0 saturated heterocycles. The van der Waals surface area contributed by atoms with Crippen LogP contribution in [0.3, 0.4) is 0 Å². The van der Waals surface area contributed by atoms with Crippen LogP contribution in [0.15, 0.2) is 0 Å². The van der Waals surface area contributed by atoms with Crippen LogP contribution in [0, 0.1) is 0 Å².